The Balaban J connectivity index is 1.59. The molecule has 2 aromatic rings. The number of benzene rings is 2. The van der Waals surface area contributed by atoms with Gasteiger partial charge in [-0.3, -0.25) is 0 Å². The highest BCUT2D eigenvalue weighted by Gasteiger charge is 2.21. The highest BCUT2D eigenvalue weighted by Crippen LogP contribution is 2.19. The maximum absolute atomic E-state index is 9.86. The van der Waals surface area contributed by atoms with Gasteiger partial charge >= 0.3 is 0 Å². The number of anilines is 1. The van der Waals surface area contributed by atoms with E-state index in [1.54, 1.807) is 6.07 Å². The lowest BCUT2D eigenvalue weighted by molar-refractivity contribution is -0.914. The van der Waals surface area contributed by atoms with Crippen molar-refractivity contribution < 1.29 is 10.0 Å². The monoisotopic (exact) mass is 303 g/mol. The summed E-state index contributed by atoms with van der Waals surface area (Å²) >= 11 is 6.06. The topological polar surface area (TPSA) is 27.9 Å². The summed E-state index contributed by atoms with van der Waals surface area (Å²) < 4.78 is 0. The van der Waals surface area contributed by atoms with E-state index in [1.165, 1.54) is 10.6 Å². The van der Waals surface area contributed by atoms with Gasteiger partial charge in [0.1, 0.15) is 12.3 Å². The van der Waals surface area contributed by atoms with Gasteiger partial charge in [0, 0.05) is 16.3 Å². The molecule has 1 aliphatic rings. The quantitative estimate of drug-likeness (QED) is 0.907. The molecule has 1 saturated heterocycles. The molecule has 2 aromatic carbocycles. The van der Waals surface area contributed by atoms with Crippen LogP contribution < -0.4 is 9.80 Å². The van der Waals surface area contributed by atoms with E-state index in [4.69, 9.17) is 11.6 Å². The van der Waals surface area contributed by atoms with Crippen LogP contribution in [-0.2, 0) is 6.54 Å². The van der Waals surface area contributed by atoms with E-state index < -0.39 is 0 Å². The van der Waals surface area contributed by atoms with Crippen molar-refractivity contribution in [1.29, 1.82) is 0 Å². The van der Waals surface area contributed by atoms with Gasteiger partial charge in [-0.25, -0.2) is 0 Å². The minimum Gasteiger partial charge on any atom is -0.507 e. The van der Waals surface area contributed by atoms with E-state index >= 15 is 0 Å². The van der Waals surface area contributed by atoms with Crippen molar-refractivity contribution >= 4 is 17.3 Å². The van der Waals surface area contributed by atoms with Gasteiger partial charge < -0.3 is 14.9 Å². The number of rotatable bonds is 3. The van der Waals surface area contributed by atoms with Crippen LogP contribution in [0, 0.1) is 0 Å². The van der Waals surface area contributed by atoms with Gasteiger partial charge in [-0.05, 0) is 30.3 Å². The number of quaternary nitrogens is 1. The van der Waals surface area contributed by atoms with Gasteiger partial charge in [0.05, 0.1) is 26.2 Å². The van der Waals surface area contributed by atoms with E-state index in [0.29, 0.717) is 5.75 Å². The molecule has 2 N–H and O–H groups in total. The van der Waals surface area contributed by atoms with Crippen LogP contribution in [-0.4, -0.2) is 31.3 Å². The highest BCUT2D eigenvalue weighted by atomic mass is 35.5. The molecule has 0 spiro atoms. The summed E-state index contributed by atoms with van der Waals surface area (Å²) in [5.74, 6) is 0.405. The summed E-state index contributed by atoms with van der Waals surface area (Å²) in [5.41, 5.74) is 2.23. The lowest BCUT2D eigenvalue weighted by atomic mass is 10.1. The number of phenols is 1. The average molecular weight is 304 g/mol. The van der Waals surface area contributed by atoms with Gasteiger partial charge in [-0.15, -0.1) is 0 Å². The Morgan fingerprint density at radius 2 is 1.81 bits per heavy atom. The molecule has 21 heavy (non-hydrogen) atoms. The lowest BCUT2D eigenvalue weighted by Gasteiger charge is -2.33. The third-order valence-corrected chi connectivity index (χ3v) is 4.31. The summed E-state index contributed by atoms with van der Waals surface area (Å²) in [4.78, 5) is 3.88. The summed E-state index contributed by atoms with van der Waals surface area (Å²) in [7, 11) is 0. The van der Waals surface area contributed by atoms with Crippen molar-refractivity contribution in [3.8, 4) is 5.75 Å². The molecule has 0 aliphatic carbocycles. The molecular weight excluding hydrogens is 284 g/mol. The fraction of sp³-hybridized carbons (Fsp3) is 0.294. The molecule has 1 aliphatic heterocycles. The number of hydrogen-bond acceptors (Lipinski definition) is 2. The Labute approximate surface area is 130 Å². The SMILES string of the molecule is Oc1ccccc1C[NH+]1CCN(c2cccc(Cl)c2)CC1. The largest absolute Gasteiger partial charge is 0.507 e. The second-order valence-electron chi connectivity index (χ2n) is 5.52. The number of aromatic hydroxyl groups is 1. The fourth-order valence-corrected chi connectivity index (χ4v) is 3.04. The number of para-hydroxylation sites is 1. The number of nitrogens with zero attached hydrogens (tertiary/aromatic N) is 1. The van der Waals surface area contributed by atoms with E-state index in [9.17, 15) is 5.11 Å². The summed E-state index contributed by atoms with van der Waals surface area (Å²) in [6.45, 7) is 5.06. The summed E-state index contributed by atoms with van der Waals surface area (Å²) in [5, 5.41) is 10.7. The molecule has 0 unspecified atom stereocenters. The molecule has 0 radical (unpaired) electrons. The van der Waals surface area contributed by atoms with Crippen LogP contribution in [0.15, 0.2) is 48.5 Å². The average Bonchev–Trinajstić information content (AvgIpc) is 2.50. The van der Waals surface area contributed by atoms with Crippen LogP contribution in [0.2, 0.25) is 5.02 Å². The normalized spacial score (nSPS) is 16.1. The molecule has 0 saturated carbocycles. The fourth-order valence-electron chi connectivity index (χ4n) is 2.86. The Kier molecular flexibility index (Phi) is 4.32. The minimum atomic E-state index is 0.405. The molecule has 0 amide bonds. The van der Waals surface area contributed by atoms with Crippen LogP contribution in [0.3, 0.4) is 0 Å². The van der Waals surface area contributed by atoms with Gasteiger partial charge in [-0.1, -0.05) is 29.8 Å². The zero-order valence-corrected chi connectivity index (χ0v) is 12.7. The van der Waals surface area contributed by atoms with Gasteiger partial charge in [0.25, 0.3) is 0 Å². The highest BCUT2D eigenvalue weighted by molar-refractivity contribution is 6.30. The number of phenolic OH excluding ortho intramolecular Hbond substituents is 1. The molecule has 1 fully saturated rings. The van der Waals surface area contributed by atoms with E-state index in [-0.39, 0.29) is 0 Å². The van der Waals surface area contributed by atoms with Crippen LogP contribution in [0.4, 0.5) is 5.69 Å². The van der Waals surface area contributed by atoms with Crippen LogP contribution in [0.25, 0.3) is 0 Å². The van der Waals surface area contributed by atoms with E-state index in [0.717, 1.165) is 43.3 Å². The predicted molar refractivity (Wildman–Crippen MR) is 86.2 cm³/mol. The second kappa shape index (κ2) is 6.37. The van der Waals surface area contributed by atoms with Gasteiger partial charge in [0.15, 0.2) is 0 Å². The Hall–Kier alpha value is -1.71. The van der Waals surface area contributed by atoms with Crippen molar-refractivity contribution in [1.82, 2.24) is 0 Å². The molecule has 0 atom stereocenters. The second-order valence-corrected chi connectivity index (χ2v) is 5.96. The number of piperazine rings is 1. The lowest BCUT2D eigenvalue weighted by Crippen LogP contribution is -3.13. The Morgan fingerprint density at radius 3 is 2.52 bits per heavy atom. The minimum absolute atomic E-state index is 0.405. The van der Waals surface area contributed by atoms with Crippen molar-refractivity contribution in [2.45, 2.75) is 6.54 Å². The number of hydrogen-bond donors (Lipinski definition) is 2. The number of halogens is 1. The summed E-state index contributed by atoms with van der Waals surface area (Å²) in [6.07, 6.45) is 0. The maximum atomic E-state index is 9.86. The van der Waals surface area contributed by atoms with Crippen molar-refractivity contribution in [3.05, 3.63) is 59.1 Å². The Bertz CT molecular complexity index is 609. The zero-order valence-electron chi connectivity index (χ0n) is 11.9. The van der Waals surface area contributed by atoms with Crippen LogP contribution in [0.1, 0.15) is 5.56 Å². The molecular formula is C17H20ClN2O+. The first-order chi connectivity index (χ1) is 10.2. The maximum Gasteiger partial charge on any atom is 0.124 e. The summed E-state index contributed by atoms with van der Waals surface area (Å²) in [6, 6.07) is 15.7. The molecule has 110 valence electrons. The third kappa shape index (κ3) is 3.49. The molecule has 3 rings (SSSR count). The first kappa shape index (κ1) is 14.2. The first-order valence-corrected chi connectivity index (χ1v) is 7.71. The Morgan fingerprint density at radius 1 is 1.05 bits per heavy atom. The molecule has 1 heterocycles. The van der Waals surface area contributed by atoms with E-state index in [1.807, 2.05) is 36.4 Å². The number of nitrogens with one attached hydrogen (secondary N) is 1. The molecule has 4 heteroatoms. The van der Waals surface area contributed by atoms with Crippen molar-refractivity contribution in [2.75, 3.05) is 31.1 Å². The standard InChI is InChI=1S/C17H19ClN2O/c18-15-5-3-6-16(12-15)20-10-8-19(9-11-20)13-14-4-1-2-7-17(14)21/h1-7,12,21H,8-11,13H2/p+1. The van der Waals surface area contributed by atoms with Crippen LogP contribution >= 0.6 is 11.6 Å². The van der Waals surface area contributed by atoms with Gasteiger partial charge in [-0.2, -0.15) is 0 Å². The van der Waals surface area contributed by atoms with Crippen molar-refractivity contribution in [3.63, 3.8) is 0 Å². The first-order valence-electron chi connectivity index (χ1n) is 7.33. The zero-order chi connectivity index (χ0) is 14.7. The molecule has 0 aromatic heterocycles. The van der Waals surface area contributed by atoms with Crippen molar-refractivity contribution in [2.24, 2.45) is 0 Å². The third-order valence-electron chi connectivity index (χ3n) is 4.08. The van der Waals surface area contributed by atoms with E-state index in [2.05, 4.69) is 11.0 Å². The van der Waals surface area contributed by atoms with Crippen LogP contribution in [0.5, 0.6) is 5.75 Å². The molecule has 0 bridgehead atoms. The smallest absolute Gasteiger partial charge is 0.124 e. The van der Waals surface area contributed by atoms with Gasteiger partial charge in [0.2, 0.25) is 0 Å². The predicted octanol–water partition coefficient (Wildman–Crippen LogP) is 1.95. The molecule has 3 nitrogen and oxygen atoms in total.